The summed E-state index contributed by atoms with van der Waals surface area (Å²) in [6.07, 6.45) is 1.88. The fraction of sp³-hybridized carbons (Fsp3) is 0.541. The van der Waals surface area contributed by atoms with Gasteiger partial charge in [-0.3, -0.25) is 24.0 Å². The number of likely N-dealkylation sites (tertiary alicyclic amines) is 1. The third kappa shape index (κ3) is 10.9. The van der Waals surface area contributed by atoms with Crippen LogP contribution in [-0.2, 0) is 36.8 Å². The lowest BCUT2D eigenvalue weighted by molar-refractivity contribution is -0.153. The summed E-state index contributed by atoms with van der Waals surface area (Å²) in [5.41, 5.74) is 16.2. The number of carboxylic acids is 1. The van der Waals surface area contributed by atoms with Crippen LogP contribution >= 0.6 is 0 Å². The van der Waals surface area contributed by atoms with E-state index in [0.29, 0.717) is 32.2 Å². The minimum absolute atomic E-state index is 0.000333. The van der Waals surface area contributed by atoms with Gasteiger partial charge in [-0.15, -0.1) is 0 Å². The molecule has 0 saturated carbocycles. The minimum Gasteiger partial charge on any atom is -0.480 e. The van der Waals surface area contributed by atoms with Crippen LogP contribution in [0.25, 0.3) is 0 Å². The molecule has 0 aromatic heterocycles. The number of carbonyl (C=O) groups excluding carboxylic acids is 4. The second-order valence-electron chi connectivity index (χ2n) is 13.6. The van der Waals surface area contributed by atoms with Gasteiger partial charge in [0, 0.05) is 32.5 Å². The molecule has 2 aromatic rings. The molecular formula is C37H54N6O6. The maximum atomic E-state index is 14.5. The van der Waals surface area contributed by atoms with Crippen molar-refractivity contribution in [3.05, 3.63) is 71.8 Å². The van der Waals surface area contributed by atoms with Gasteiger partial charge in [0.05, 0.1) is 5.92 Å². The van der Waals surface area contributed by atoms with Gasteiger partial charge >= 0.3 is 5.97 Å². The lowest BCUT2D eigenvalue weighted by atomic mass is 9.81. The third-order valence-corrected chi connectivity index (χ3v) is 9.40. The molecule has 1 saturated heterocycles. The fourth-order valence-corrected chi connectivity index (χ4v) is 6.14. The van der Waals surface area contributed by atoms with Gasteiger partial charge in [0.15, 0.2) is 11.3 Å². The standard InChI is InChI=1S/C37H54N6O6/c1-26(2)15-16-31(44)37(17-9-10-20-38,34(47)43-21-18-36(40,19-22-43)35(48)49)42-33(46)30(24-28-13-7-4-8-14-28)41-32(45)29(25-39)23-27-11-5-3-6-12-27/h3-8,11-14,26,29-30H,9-10,15-25,38-40H2,1-2H3,(H,41,45)(H,42,46)(H,48,49). The molecule has 0 aliphatic carbocycles. The normalized spacial score (nSPS) is 16.7. The Labute approximate surface area is 289 Å². The topological polar surface area (TPSA) is 211 Å². The first-order valence-corrected chi connectivity index (χ1v) is 17.3. The maximum absolute atomic E-state index is 14.5. The van der Waals surface area contributed by atoms with Crippen LogP contribution in [0.15, 0.2) is 60.7 Å². The minimum atomic E-state index is -1.95. The monoisotopic (exact) mass is 678 g/mol. The number of Topliss-reactive ketones (excluding diaryl/α,β-unsaturated/α-hetero) is 1. The highest BCUT2D eigenvalue weighted by Crippen LogP contribution is 2.28. The highest BCUT2D eigenvalue weighted by atomic mass is 16.4. The van der Waals surface area contributed by atoms with Crippen molar-refractivity contribution < 1.29 is 29.1 Å². The van der Waals surface area contributed by atoms with E-state index in [1.165, 1.54) is 4.90 Å². The first-order chi connectivity index (χ1) is 23.3. The Kier molecular flexibility index (Phi) is 14.9. The summed E-state index contributed by atoms with van der Waals surface area (Å²) in [4.78, 5) is 70.2. The smallest absolute Gasteiger partial charge is 0.323 e. The number of hydrogen-bond donors (Lipinski definition) is 6. The number of carboxylic acid groups (broad SMARTS) is 1. The van der Waals surface area contributed by atoms with Crippen molar-refractivity contribution in [3.63, 3.8) is 0 Å². The van der Waals surface area contributed by atoms with Crippen LogP contribution in [0, 0.1) is 11.8 Å². The molecule has 0 spiro atoms. The van der Waals surface area contributed by atoms with E-state index in [4.69, 9.17) is 17.2 Å². The van der Waals surface area contributed by atoms with Gasteiger partial charge in [-0.05, 0) is 68.5 Å². The molecule has 3 rings (SSSR count). The molecule has 1 aliphatic heterocycles. The van der Waals surface area contributed by atoms with Gasteiger partial charge < -0.3 is 37.8 Å². The Morgan fingerprint density at radius 3 is 1.96 bits per heavy atom. The van der Waals surface area contributed by atoms with Gasteiger partial charge in [0.2, 0.25) is 11.8 Å². The lowest BCUT2D eigenvalue weighted by Gasteiger charge is -2.42. The van der Waals surface area contributed by atoms with Crippen LogP contribution in [-0.4, -0.2) is 82.8 Å². The average Bonchev–Trinajstić information content (AvgIpc) is 3.09. The number of nitrogens with one attached hydrogen (secondary N) is 2. The lowest BCUT2D eigenvalue weighted by Crippen LogP contribution is -2.68. The summed E-state index contributed by atoms with van der Waals surface area (Å²) in [6, 6.07) is 17.5. The van der Waals surface area contributed by atoms with Crippen molar-refractivity contribution in [1.82, 2.24) is 15.5 Å². The number of carbonyl (C=O) groups is 5. The van der Waals surface area contributed by atoms with Gasteiger partial charge in [0.1, 0.15) is 11.6 Å². The van der Waals surface area contributed by atoms with Crippen molar-refractivity contribution in [2.24, 2.45) is 29.0 Å². The summed E-state index contributed by atoms with van der Waals surface area (Å²) in [5.74, 6) is -3.77. The van der Waals surface area contributed by atoms with Crippen LogP contribution in [0.2, 0.25) is 0 Å². The molecule has 268 valence electrons. The van der Waals surface area contributed by atoms with E-state index < -0.39 is 52.5 Å². The quantitative estimate of drug-likeness (QED) is 0.0945. The molecule has 2 aromatic carbocycles. The Balaban J connectivity index is 2.00. The second kappa shape index (κ2) is 18.6. The van der Waals surface area contributed by atoms with E-state index in [2.05, 4.69) is 10.6 Å². The molecule has 1 fully saturated rings. The number of rotatable bonds is 19. The van der Waals surface area contributed by atoms with Crippen LogP contribution < -0.4 is 27.8 Å². The van der Waals surface area contributed by atoms with Crippen LogP contribution in [0.3, 0.4) is 0 Å². The van der Waals surface area contributed by atoms with Crippen molar-refractivity contribution in [2.75, 3.05) is 26.2 Å². The zero-order valence-electron chi connectivity index (χ0n) is 28.9. The molecule has 1 heterocycles. The highest BCUT2D eigenvalue weighted by molar-refractivity contribution is 6.13. The average molecular weight is 679 g/mol. The van der Waals surface area contributed by atoms with Crippen molar-refractivity contribution >= 4 is 29.5 Å². The largest absolute Gasteiger partial charge is 0.480 e. The molecule has 0 bridgehead atoms. The van der Waals surface area contributed by atoms with Gasteiger partial charge in [0.25, 0.3) is 5.91 Å². The van der Waals surface area contributed by atoms with E-state index in [0.717, 1.165) is 11.1 Å². The van der Waals surface area contributed by atoms with Crippen molar-refractivity contribution in [2.45, 2.75) is 88.8 Å². The number of nitrogens with two attached hydrogens (primary N) is 3. The molecule has 3 atom stereocenters. The number of unbranched alkanes of at least 4 members (excludes halogenated alkanes) is 1. The fourth-order valence-electron chi connectivity index (χ4n) is 6.14. The van der Waals surface area contributed by atoms with Crippen LogP contribution in [0.5, 0.6) is 0 Å². The molecule has 12 nitrogen and oxygen atoms in total. The van der Waals surface area contributed by atoms with Gasteiger partial charge in [-0.2, -0.15) is 0 Å². The van der Waals surface area contributed by atoms with Crippen LogP contribution in [0.1, 0.15) is 69.9 Å². The maximum Gasteiger partial charge on any atom is 0.323 e. The second-order valence-corrected chi connectivity index (χ2v) is 13.6. The van der Waals surface area contributed by atoms with E-state index in [9.17, 15) is 29.1 Å². The zero-order valence-corrected chi connectivity index (χ0v) is 28.9. The number of piperidine rings is 1. The van der Waals surface area contributed by atoms with E-state index >= 15 is 0 Å². The molecule has 49 heavy (non-hydrogen) atoms. The van der Waals surface area contributed by atoms with E-state index in [1.807, 2.05) is 74.5 Å². The summed E-state index contributed by atoms with van der Waals surface area (Å²) in [5, 5.41) is 15.4. The molecular weight excluding hydrogens is 624 g/mol. The number of benzene rings is 2. The summed E-state index contributed by atoms with van der Waals surface area (Å²) < 4.78 is 0. The summed E-state index contributed by atoms with van der Waals surface area (Å²) in [7, 11) is 0. The number of amides is 3. The van der Waals surface area contributed by atoms with Crippen molar-refractivity contribution in [3.8, 4) is 0 Å². The van der Waals surface area contributed by atoms with Crippen molar-refractivity contribution in [1.29, 1.82) is 0 Å². The van der Waals surface area contributed by atoms with Crippen LogP contribution in [0.4, 0.5) is 0 Å². The summed E-state index contributed by atoms with van der Waals surface area (Å²) >= 11 is 0. The Bertz CT molecular complexity index is 1400. The number of nitrogens with zero attached hydrogens (tertiary/aromatic N) is 1. The Hall–Kier alpha value is -4.13. The Morgan fingerprint density at radius 2 is 1.45 bits per heavy atom. The number of hydrogen-bond acceptors (Lipinski definition) is 8. The summed E-state index contributed by atoms with van der Waals surface area (Å²) in [6.45, 7) is 4.32. The predicted octanol–water partition coefficient (Wildman–Crippen LogP) is 1.93. The molecule has 1 aliphatic rings. The van der Waals surface area contributed by atoms with Gasteiger partial charge in [-0.25, -0.2) is 0 Å². The highest BCUT2D eigenvalue weighted by Gasteiger charge is 2.51. The molecule has 3 amide bonds. The molecule has 9 N–H and O–H groups in total. The molecule has 3 unspecified atom stereocenters. The van der Waals surface area contributed by atoms with E-state index in [-0.39, 0.29) is 57.7 Å². The number of ketones is 1. The Morgan fingerprint density at radius 1 is 0.878 bits per heavy atom. The first-order valence-electron chi connectivity index (χ1n) is 17.3. The van der Waals surface area contributed by atoms with Gasteiger partial charge in [-0.1, -0.05) is 74.5 Å². The zero-order chi connectivity index (χ0) is 36.0. The first kappa shape index (κ1) is 39.3. The predicted molar refractivity (Wildman–Crippen MR) is 188 cm³/mol. The SMILES string of the molecule is CC(C)CCC(=O)C(CCCCN)(NC(=O)C(Cc1ccccc1)NC(=O)C(CN)Cc1ccccc1)C(=O)N1CCC(N)(C(=O)O)CC1. The van der Waals surface area contributed by atoms with E-state index in [1.54, 1.807) is 0 Å². The molecule has 0 radical (unpaired) electrons. The number of aliphatic carboxylic acids is 1. The third-order valence-electron chi connectivity index (χ3n) is 9.40. The molecule has 12 heteroatoms.